The number of aromatic nitrogens is 5. The number of nitrogens with one attached hydrogen (secondary N) is 2. The molecule has 1 unspecified atom stereocenters. The van der Waals surface area contributed by atoms with Crippen molar-refractivity contribution in [3.8, 4) is 16.9 Å². The Morgan fingerprint density at radius 3 is 2.37 bits per heavy atom. The summed E-state index contributed by atoms with van der Waals surface area (Å²) in [7, 11) is 1.88. The van der Waals surface area contributed by atoms with Gasteiger partial charge in [-0.15, -0.1) is 0 Å². The van der Waals surface area contributed by atoms with Gasteiger partial charge >= 0.3 is 5.97 Å². The molecule has 16 nitrogen and oxygen atoms in total. The highest BCUT2D eigenvalue weighted by Crippen LogP contribution is 2.43. The van der Waals surface area contributed by atoms with Crippen LogP contribution in [0, 0.1) is 32.4 Å². The van der Waals surface area contributed by atoms with E-state index in [4.69, 9.17) is 26.2 Å². The van der Waals surface area contributed by atoms with Gasteiger partial charge in [-0.3, -0.25) is 34.1 Å². The molecular formula is C54H58ClF2N9O7. The van der Waals surface area contributed by atoms with Crippen LogP contribution in [-0.2, 0) is 45.7 Å². The second-order valence-electron chi connectivity index (χ2n) is 19.8. The second kappa shape index (κ2) is 20.4. The fourth-order valence-corrected chi connectivity index (χ4v) is 10.4. The summed E-state index contributed by atoms with van der Waals surface area (Å²) in [5.74, 6) is -2.46. The van der Waals surface area contributed by atoms with Gasteiger partial charge in [0.2, 0.25) is 17.7 Å². The Morgan fingerprint density at radius 2 is 1.66 bits per heavy atom. The highest BCUT2D eigenvalue weighted by atomic mass is 35.5. The van der Waals surface area contributed by atoms with Gasteiger partial charge in [-0.2, -0.15) is 5.10 Å². The van der Waals surface area contributed by atoms with Crippen LogP contribution in [0.4, 0.5) is 8.78 Å². The first-order chi connectivity index (χ1) is 34.8. The van der Waals surface area contributed by atoms with E-state index >= 15 is 4.39 Å². The number of ether oxygens (including phenoxy) is 2. The SMILES string of the molecule is Cc1nn(C)c(C)c1-c1c(Cl)ccc2c(CCCOc3cccc4cc(F)ccc34)c(C(=O)OC(C)(C)C)n(CCN3CCN(C(=O)Cn4c(C)nc5c(C(=O)NC6CCC(=O)NC6=O)ccc(F)c54)CC3)c12. The highest BCUT2D eigenvalue weighted by Gasteiger charge is 2.33. The first-order valence-electron chi connectivity index (χ1n) is 24.5. The minimum atomic E-state index is -0.939. The van der Waals surface area contributed by atoms with E-state index in [0.29, 0.717) is 81.0 Å². The lowest BCUT2D eigenvalue weighted by atomic mass is 9.98. The molecule has 5 heterocycles. The molecule has 382 valence electrons. The zero-order valence-electron chi connectivity index (χ0n) is 42.0. The van der Waals surface area contributed by atoms with E-state index in [0.717, 1.165) is 55.8 Å². The van der Waals surface area contributed by atoms with Gasteiger partial charge in [-0.1, -0.05) is 29.8 Å². The number of imide groups is 1. The number of amides is 4. The molecule has 4 aromatic carbocycles. The van der Waals surface area contributed by atoms with Crippen molar-refractivity contribution in [2.75, 3.05) is 39.3 Å². The first kappa shape index (κ1) is 50.7. The molecule has 2 N–H and O–H groups in total. The van der Waals surface area contributed by atoms with Crippen LogP contribution in [0.25, 0.3) is 43.8 Å². The number of esters is 1. The van der Waals surface area contributed by atoms with Crippen LogP contribution in [0.5, 0.6) is 5.75 Å². The molecule has 4 amide bonds. The molecule has 9 rings (SSSR count). The molecule has 0 spiro atoms. The third kappa shape index (κ3) is 10.3. The molecule has 0 aliphatic carbocycles. The van der Waals surface area contributed by atoms with Crippen molar-refractivity contribution < 1.29 is 42.2 Å². The number of rotatable bonds is 14. The summed E-state index contributed by atoms with van der Waals surface area (Å²) in [5.41, 5.74) is 4.56. The van der Waals surface area contributed by atoms with Gasteiger partial charge < -0.3 is 28.8 Å². The molecule has 0 radical (unpaired) electrons. The Morgan fingerprint density at radius 1 is 0.904 bits per heavy atom. The van der Waals surface area contributed by atoms with E-state index in [-0.39, 0.29) is 47.7 Å². The van der Waals surface area contributed by atoms with Crippen LogP contribution in [-0.4, -0.2) is 114 Å². The predicted molar refractivity (Wildman–Crippen MR) is 273 cm³/mol. The number of carbonyl (C=O) groups excluding carboxylic acids is 5. The zero-order chi connectivity index (χ0) is 52.0. The lowest BCUT2D eigenvalue weighted by molar-refractivity contribution is -0.135. The molecule has 19 heteroatoms. The van der Waals surface area contributed by atoms with Crippen molar-refractivity contribution in [2.45, 2.75) is 92.0 Å². The summed E-state index contributed by atoms with van der Waals surface area (Å²) < 4.78 is 47.5. The first-order valence-corrected chi connectivity index (χ1v) is 24.8. The maximum atomic E-state index is 15.6. The normalized spacial score (nSPS) is 15.6. The minimum absolute atomic E-state index is 0.00850. The van der Waals surface area contributed by atoms with Crippen LogP contribution >= 0.6 is 11.6 Å². The van der Waals surface area contributed by atoms with Crippen molar-refractivity contribution >= 4 is 73.9 Å². The lowest BCUT2D eigenvalue weighted by Crippen LogP contribution is -2.52. The van der Waals surface area contributed by atoms with E-state index in [1.54, 1.807) is 17.9 Å². The Kier molecular flexibility index (Phi) is 14.2. The third-order valence-corrected chi connectivity index (χ3v) is 14.1. The van der Waals surface area contributed by atoms with Crippen LogP contribution in [0.3, 0.4) is 0 Å². The van der Waals surface area contributed by atoms with Gasteiger partial charge in [0, 0.05) is 80.3 Å². The summed E-state index contributed by atoms with van der Waals surface area (Å²) in [6.07, 6.45) is 1.19. The molecule has 2 aliphatic heterocycles. The van der Waals surface area contributed by atoms with Crippen LogP contribution in [0.15, 0.2) is 60.7 Å². The number of benzene rings is 4. The fourth-order valence-electron chi connectivity index (χ4n) is 10.1. The van der Waals surface area contributed by atoms with E-state index in [2.05, 4.69) is 20.5 Å². The molecular weight excluding hydrogens is 960 g/mol. The molecule has 7 aromatic rings. The Hall–Kier alpha value is -7.18. The number of hydrogen-bond acceptors (Lipinski definition) is 10. The van der Waals surface area contributed by atoms with Crippen LogP contribution in [0.1, 0.15) is 83.7 Å². The van der Waals surface area contributed by atoms with Crippen molar-refractivity contribution in [3.63, 3.8) is 0 Å². The molecule has 0 bridgehead atoms. The molecule has 0 saturated carbocycles. The number of aryl methyl sites for hydroxylation is 4. The third-order valence-electron chi connectivity index (χ3n) is 13.7. The molecule has 2 aliphatic rings. The van der Waals surface area contributed by atoms with Crippen molar-refractivity contribution in [1.82, 2.24) is 44.3 Å². The fraction of sp³-hybridized carbons (Fsp3) is 0.389. The Bertz CT molecular complexity index is 3370. The van der Waals surface area contributed by atoms with Crippen molar-refractivity contribution in [1.29, 1.82) is 0 Å². The number of hydrogen-bond donors (Lipinski definition) is 2. The largest absolute Gasteiger partial charge is 0.493 e. The zero-order valence-corrected chi connectivity index (χ0v) is 42.7. The minimum Gasteiger partial charge on any atom is -0.493 e. The lowest BCUT2D eigenvalue weighted by Gasteiger charge is -2.35. The van der Waals surface area contributed by atoms with Gasteiger partial charge in [0.15, 0.2) is 0 Å². The van der Waals surface area contributed by atoms with Crippen molar-refractivity contribution in [3.05, 3.63) is 111 Å². The molecule has 73 heavy (non-hydrogen) atoms. The van der Waals surface area contributed by atoms with Gasteiger partial charge in [0.25, 0.3) is 5.91 Å². The van der Waals surface area contributed by atoms with E-state index in [1.807, 2.05) is 81.2 Å². The standard InChI is InChI=1S/C54H58ClF2N9O7/c1-30-45(31(2)62(7)61-30)46-39(55)17-15-37-36(11-9-27-72-42-12-8-10-33-28-34(56)13-14-35(33)42)49(53(71)73-54(4,5)6)65(48(37)46)26-23-63-21-24-64(25-22-63)44(68)29-66-32(3)58-47-38(16-18-40(57)50(47)66)51(69)59-41-19-20-43(67)60-52(41)70/h8,10,12-18,28,41H,9,11,19-27,29H2,1-7H3,(H,59,69)(H,60,67,70). The molecule has 2 fully saturated rings. The number of nitrogens with zero attached hydrogens (tertiary/aromatic N) is 7. The number of halogens is 3. The average molecular weight is 1020 g/mol. The van der Waals surface area contributed by atoms with E-state index in [9.17, 15) is 28.4 Å². The average Bonchev–Trinajstić information content (AvgIpc) is 3.93. The Balaban J connectivity index is 0.962. The van der Waals surface area contributed by atoms with Crippen LogP contribution in [0.2, 0.25) is 5.02 Å². The van der Waals surface area contributed by atoms with Gasteiger partial charge in [0.1, 0.15) is 58.1 Å². The highest BCUT2D eigenvalue weighted by molar-refractivity contribution is 6.35. The summed E-state index contributed by atoms with van der Waals surface area (Å²) in [6.45, 7) is 13.8. The molecule has 2 saturated heterocycles. The van der Waals surface area contributed by atoms with Gasteiger partial charge in [0.05, 0.1) is 28.4 Å². The monoisotopic (exact) mass is 1020 g/mol. The predicted octanol–water partition coefficient (Wildman–Crippen LogP) is 7.75. The quantitative estimate of drug-likeness (QED) is 0.0623. The Labute approximate surface area is 425 Å². The number of piperidine rings is 1. The number of carbonyl (C=O) groups is 5. The summed E-state index contributed by atoms with van der Waals surface area (Å²) in [6, 6.07) is 15.4. The smallest absolute Gasteiger partial charge is 0.355 e. The van der Waals surface area contributed by atoms with E-state index in [1.165, 1.54) is 22.8 Å². The second-order valence-corrected chi connectivity index (χ2v) is 20.2. The molecule has 3 aromatic heterocycles. The number of piperazine rings is 1. The van der Waals surface area contributed by atoms with Gasteiger partial charge in [-0.05, 0) is 114 Å². The maximum Gasteiger partial charge on any atom is 0.355 e. The molecule has 1 atom stereocenters. The van der Waals surface area contributed by atoms with Gasteiger partial charge in [-0.25, -0.2) is 18.6 Å². The number of imidazole rings is 1. The van der Waals surface area contributed by atoms with E-state index < -0.39 is 41.2 Å². The summed E-state index contributed by atoms with van der Waals surface area (Å²) >= 11 is 7.20. The van der Waals surface area contributed by atoms with Crippen LogP contribution < -0.4 is 15.4 Å². The number of fused-ring (bicyclic) bond motifs is 3. The summed E-state index contributed by atoms with van der Waals surface area (Å²) in [4.78, 5) is 74.5. The summed E-state index contributed by atoms with van der Waals surface area (Å²) in [5, 5.41) is 12.5. The van der Waals surface area contributed by atoms with Crippen molar-refractivity contribution in [2.24, 2.45) is 7.05 Å². The maximum absolute atomic E-state index is 15.6. The topological polar surface area (TPSA) is 175 Å².